The van der Waals surface area contributed by atoms with E-state index in [9.17, 15) is 31.9 Å². The Hall–Kier alpha value is -2.23. The van der Waals surface area contributed by atoms with Gasteiger partial charge in [-0.1, -0.05) is 6.42 Å². The van der Waals surface area contributed by atoms with Crippen LogP contribution in [0.1, 0.15) is 42.7 Å². The lowest BCUT2D eigenvalue weighted by Crippen LogP contribution is -2.38. The van der Waals surface area contributed by atoms with Crippen LogP contribution < -0.4 is 5.32 Å². The zero-order chi connectivity index (χ0) is 19.8. The van der Waals surface area contributed by atoms with Crippen molar-refractivity contribution in [1.82, 2.24) is 9.61 Å². The van der Waals surface area contributed by atoms with Crippen LogP contribution in [0.4, 0.5) is 27.8 Å². The molecular weight excluding hydrogens is 373 g/mol. The van der Waals surface area contributed by atoms with Gasteiger partial charge in [0.1, 0.15) is 19.0 Å². The molecule has 2 aromatic heterocycles. The van der Waals surface area contributed by atoms with Crippen molar-refractivity contribution >= 4 is 17.2 Å². The fraction of sp³-hybridized carbons (Fsp3) is 0.529. The average Bonchev–Trinajstić information content (AvgIpc) is 2.89. The topological polar surface area (TPSA) is 66.6 Å². The van der Waals surface area contributed by atoms with Crippen LogP contribution in [0.15, 0.2) is 18.3 Å². The van der Waals surface area contributed by atoms with Crippen molar-refractivity contribution in [1.29, 1.82) is 0 Å². The third-order valence-corrected chi connectivity index (χ3v) is 4.76. The monoisotopic (exact) mass is 391 g/mol. The molecule has 0 atom stereocenters. The summed E-state index contributed by atoms with van der Waals surface area (Å²) in [6.45, 7) is -2.88. The number of fused-ring (bicyclic) bond motifs is 1. The fourth-order valence-corrected chi connectivity index (χ4v) is 3.04. The molecule has 2 heterocycles. The van der Waals surface area contributed by atoms with Gasteiger partial charge in [0.25, 0.3) is 0 Å². The van der Waals surface area contributed by atoms with E-state index in [0.717, 1.165) is 37.6 Å². The molecule has 0 bridgehead atoms. The molecule has 2 aromatic rings. The second-order valence-corrected chi connectivity index (χ2v) is 6.85. The SMILES string of the molecule is O=C(CC(O)(CF)CF)Nc1nn2ccc(C(F)(F)F)cc2c1C1CCC1. The van der Waals surface area contributed by atoms with Crippen molar-refractivity contribution in [2.24, 2.45) is 0 Å². The molecule has 0 spiro atoms. The number of carbonyl (C=O) groups excluding carboxylic acids is 1. The Balaban J connectivity index is 1.96. The number of carbonyl (C=O) groups is 1. The number of nitrogens with zero attached hydrogens (tertiary/aromatic N) is 2. The maximum atomic E-state index is 13.0. The molecule has 5 nitrogen and oxygen atoms in total. The van der Waals surface area contributed by atoms with E-state index < -0.39 is 43.0 Å². The molecule has 10 heteroatoms. The minimum Gasteiger partial charge on any atom is -0.384 e. The highest BCUT2D eigenvalue weighted by Crippen LogP contribution is 2.43. The Morgan fingerprint density at radius 3 is 2.48 bits per heavy atom. The molecule has 27 heavy (non-hydrogen) atoms. The summed E-state index contributed by atoms with van der Waals surface area (Å²) in [5.74, 6) is -0.889. The summed E-state index contributed by atoms with van der Waals surface area (Å²) in [4.78, 5) is 12.1. The molecule has 148 valence electrons. The van der Waals surface area contributed by atoms with Gasteiger partial charge in [0.05, 0.1) is 17.5 Å². The van der Waals surface area contributed by atoms with Crippen LogP contribution in [0.2, 0.25) is 0 Å². The molecule has 1 aliphatic carbocycles. The quantitative estimate of drug-likeness (QED) is 0.740. The molecule has 0 aliphatic heterocycles. The minimum atomic E-state index is -4.52. The minimum absolute atomic E-state index is 0.0455. The number of alkyl halides is 5. The number of halogens is 5. The van der Waals surface area contributed by atoms with Crippen molar-refractivity contribution in [2.75, 3.05) is 18.7 Å². The smallest absolute Gasteiger partial charge is 0.384 e. The Labute approximate surface area is 151 Å². The van der Waals surface area contributed by atoms with Gasteiger partial charge in [-0.25, -0.2) is 13.3 Å². The van der Waals surface area contributed by atoms with E-state index in [-0.39, 0.29) is 17.3 Å². The van der Waals surface area contributed by atoms with Crippen molar-refractivity contribution in [2.45, 2.75) is 43.4 Å². The van der Waals surface area contributed by atoms with Crippen LogP contribution in [0, 0.1) is 0 Å². The first-order chi connectivity index (χ1) is 12.7. The molecule has 1 saturated carbocycles. The first-order valence-corrected chi connectivity index (χ1v) is 8.40. The molecular formula is C17H18F5N3O2. The number of hydrogen-bond acceptors (Lipinski definition) is 3. The van der Waals surface area contributed by atoms with E-state index in [1.807, 2.05) is 0 Å². The zero-order valence-electron chi connectivity index (χ0n) is 14.2. The van der Waals surface area contributed by atoms with Gasteiger partial charge in [0.15, 0.2) is 5.82 Å². The average molecular weight is 391 g/mol. The molecule has 0 aromatic carbocycles. The lowest BCUT2D eigenvalue weighted by atomic mass is 9.80. The Bertz CT molecular complexity index is 841. The number of pyridine rings is 1. The molecule has 0 saturated heterocycles. The number of nitrogens with one attached hydrogen (secondary N) is 1. The van der Waals surface area contributed by atoms with Gasteiger partial charge in [-0.15, -0.1) is 5.10 Å². The molecule has 3 rings (SSSR count). The number of hydrogen-bond donors (Lipinski definition) is 2. The normalized spacial score (nSPS) is 15.8. The highest BCUT2D eigenvalue weighted by Gasteiger charge is 2.34. The van der Waals surface area contributed by atoms with Gasteiger partial charge in [-0.2, -0.15) is 13.2 Å². The largest absolute Gasteiger partial charge is 0.416 e. The summed E-state index contributed by atoms with van der Waals surface area (Å²) in [5.41, 5.74) is -2.58. The molecule has 2 N–H and O–H groups in total. The van der Waals surface area contributed by atoms with Gasteiger partial charge in [0, 0.05) is 11.8 Å². The van der Waals surface area contributed by atoms with E-state index in [2.05, 4.69) is 10.4 Å². The molecule has 1 fully saturated rings. The van der Waals surface area contributed by atoms with E-state index in [0.29, 0.717) is 5.56 Å². The van der Waals surface area contributed by atoms with Crippen molar-refractivity contribution in [3.8, 4) is 0 Å². The predicted molar refractivity (Wildman–Crippen MR) is 86.9 cm³/mol. The van der Waals surface area contributed by atoms with Crippen LogP contribution in [0.5, 0.6) is 0 Å². The summed E-state index contributed by atoms with van der Waals surface area (Å²) in [6, 6.07) is 1.84. The third kappa shape index (κ3) is 3.90. The number of amides is 1. The maximum absolute atomic E-state index is 13.0. The molecule has 0 radical (unpaired) electrons. The van der Waals surface area contributed by atoms with Gasteiger partial charge in [-0.05, 0) is 30.9 Å². The van der Waals surface area contributed by atoms with Crippen LogP contribution in [-0.4, -0.2) is 39.6 Å². The number of anilines is 1. The first kappa shape index (κ1) is 19.5. The molecule has 0 unspecified atom stereocenters. The van der Waals surface area contributed by atoms with Crippen molar-refractivity contribution in [3.05, 3.63) is 29.5 Å². The van der Waals surface area contributed by atoms with Gasteiger partial charge >= 0.3 is 6.18 Å². The van der Waals surface area contributed by atoms with Gasteiger partial charge < -0.3 is 10.4 Å². The number of rotatable bonds is 6. The lowest BCUT2D eigenvalue weighted by Gasteiger charge is -2.26. The number of aromatic nitrogens is 2. The van der Waals surface area contributed by atoms with E-state index >= 15 is 0 Å². The molecule has 1 amide bonds. The second-order valence-electron chi connectivity index (χ2n) is 6.85. The van der Waals surface area contributed by atoms with E-state index in [1.165, 1.54) is 4.52 Å². The van der Waals surface area contributed by atoms with Gasteiger partial charge in [0.2, 0.25) is 5.91 Å². The van der Waals surface area contributed by atoms with E-state index in [1.54, 1.807) is 0 Å². The highest BCUT2D eigenvalue weighted by atomic mass is 19.4. The van der Waals surface area contributed by atoms with Crippen LogP contribution in [0.25, 0.3) is 5.52 Å². The summed E-state index contributed by atoms with van der Waals surface area (Å²) < 4.78 is 65.8. The van der Waals surface area contributed by atoms with E-state index in [4.69, 9.17) is 0 Å². The Morgan fingerprint density at radius 1 is 1.30 bits per heavy atom. The van der Waals surface area contributed by atoms with Crippen LogP contribution in [0.3, 0.4) is 0 Å². The Kier molecular flexibility index (Phi) is 5.11. The predicted octanol–water partition coefficient (Wildman–Crippen LogP) is 3.62. The first-order valence-electron chi connectivity index (χ1n) is 8.40. The fourth-order valence-electron chi connectivity index (χ4n) is 3.04. The summed E-state index contributed by atoms with van der Waals surface area (Å²) in [6.07, 6.45) is -1.83. The number of aliphatic hydroxyl groups is 1. The summed E-state index contributed by atoms with van der Waals surface area (Å²) >= 11 is 0. The van der Waals surface area contributed by atoms with Gasteiger partial charge in [-0.3, -0.25) is 4.79 Å². The van der Waals surface area contributed by atoms with Crippen LogP contribution >= 0.6 is 0 Å². The lowest BCUT2D eigenvalue weighted by molar-refractivity contribution is -0.137. The third-order valence-electron chi connectivity index (χ3n) is 4.76. The van der Waals surface area contributed by atoms with Crippen LogP contribution in [-0.2, 0) is 11.0 Å². The Morgan fingerprint density at radius 2 is 1.96 bits per heavy atom. The highest BCUT2D eigenvalue weighted by molar-refractivity contribution is 5.92. The second kappa shape index (κ2) is 7.06. The summed E-state index contributed by atoms with van der Waals surface area (Å²) in [5, 5.41) is 16.1. The maximum Gasteiger partial charge on any atom is 0.416 e. The zero-order valence-corrected chi connectivity index (χ0v) is 14.2. The molecule has 1 aliphatic rings. The van der Waals surface area contributed by atoms with Crippen molar-refractivity contribution in [3.63, 3.8) is 0 Å². The summed E-state index contributed by atoms with van der Waals surface area (Å²) in [7, 11) is 0. The van der Waals surface area contributed by atoms with Crippen molar-refractivity contribution < 1.29 is 31.9 Å². The standard InChI is InChI=1S/C17H18F5N3O2/c18-8-16(27,9-19)7-13(26)23-15-14(10-2-1-3-10)12-6-11(17(20,21)22)4-5-25(12)24-15/h4-6,10,27H,1-3,7-9H2,(H,23,24,26).